The molecule has 146 valence electrons. The van der Waals surface area contributed by atoms with Crippen LogP contribution in [0.1, 0.15) is 24.8 Å². The number of carboxylic acid groups (broad SMARTS) is 1. The van der Waals surface area contributed by atoms with Crippen LogP contribution in [0.5, 0.6) is 5.75 Å². The van der Waals surface area contributed by atoms with Crippen molar-refractivity contribution in [2.45, 2.75) is 31.2 Å². The number of ether oxygens (including phenoxy) is 1. The molecule has 1 amide bonds. The fourth-order valence-corrected chi connectivity index (χ4v) is 3.31. The Labute approximate surface area is 160 Å². The predicted octanol–water partition coefficient (Wildman–Crippen LogP) is 4.07. The summed E-state index contributed by atoms with van der Waals surface area (Å²) < 4.78 is 33.1. The molecule has 1 heterocycles. The number of benzene rings is 1. The molecule has 2 aromatic rings. The van der Waals surface area contributed by atoms with Crippen molar-refractivity contribution in [1.29, 1.82) is 5.26 Å². The lowest BCUT2D eigenvalue weighted by Gasteiger charge is -2.35. The second-order valence-electron chi connectivity index (χ2n) is 6.79. The van der Waals surface area contributed by atoms with Gasteiger partial charge in [-0.05, 0) is 42.8 Å². The number of aromatic nitrogens is 1. The van der Waals surface area contributed by atoms with Crippen molar-refractivity contribution in [2.24, 2.45) is 5.92 Å². The summed E-state index contributed by atoms with van der Waals surface area (Å²) in [4.78, 5) is 15.1. The van der Waals surface area contributed by atoms with E-state index >= 15 is 0 Å². The van der Waals surface area contributed by atoms with Crippen LogP contribution >= 0.6 is 0 Å². The first-order valence-electron chi connectivity index (χ1n) is 8.83. The van der Waals surface area contributed by atoms with Gasteiger partial charge in [-0.3, -0.25) is 4.98 Å². The normalized spacial score (nSPS) is 20.8. The Kier molecular flexibility index (Phi) is 5.73. The molecule has 0 radical (unpaired) electrons. The minimum Gasteiger partial charge on any atom is -0.493 e. The number of pyridine rings is 1. The molecule has 0 unspecified atom stereocenters. The van der Waals surface area contributed by atoms with E-state index in [0.717, 1.165) is 5.56 Å². The average molecular weight is 387 g/mol. The van der Waals surface area contributed by atoms with E-state index in [4.69, 9.17) is 15.1 Å². The first-order chi connectivity index (χ1) is 13.4. The molecule has 0 bridgehead atoms. The van der Waals surface area contributed by atoms with E-state index in [1.165, 1.54) is 6.20 Å². The fourth-order valence-electron chi connectivity index (χ4n) is 3.31. The Hall–Kier alpha value is -3.21. The van der Waals surface area contributed by atoms with Crippen molar-refractivity contribution in [3.63, 3.8) is 0 Å². The molecule has 1 saturated carbocycles. The first-order valence-corrected chi connectivity index (χ1v) is 8.83. The van der Waals surface area contributed by atoms with Crippen molar-refractivity contribution in [1.82, 2.24) is 10.3 Å². The number of carbonyl (C=O) groups is 1. The summed E-state index contributed by atoms with van der Waals surface area (Å²) in [6.45, 7) is -0.00496. The van der Waals surface area contributed by atoms with Crippen LogP contribution in [0.2, 0.25) is 0 Å². The lowest BCUT2D eigenvalue weighted by molar-refractivity contribution is -0.0677. The number of alkyl halides is 2. The van der Waals surface area contributed by atoms with E-state index in [2.05, 4.69) is 10.3 Å². The minimum absolute atomic E-state index is 0.00496. The Balaban J connectivity index is 1.64. The molecule has 28 heavy (non-hydrogen) atoms. The van der Waals surface area contributed by atoms with Gasteiger partial charge in [-0.25, -0.2) is 13.6 Å². The van der Waals surface area contributed by atoms with Crippen LogP contribution in [0.4, 0.5) is 13.6 Å². The van der Waals surface area contributed by atoms with Crippen LogP contribution in [0.15, 0.2) is 42.6 Å². The van der Waals surface area contributed by atoms with Gasteiger partial charge in [0.1, 0.15) is 11.8 Å². The third kappa shape index (κ3) is 4.94. The SMILES string of the molecule is N#Cc1ccc(-c2ccc(OC[C@@H]3CC(F)(F)CC[C@H]3NC(=O)O)cc2)nc1. The maximum absolute atomic E-state index is 13.7. The number of hydrogen-bond acceptors (Lipinski definition) is 4. The van der Waals surface area contributed by atoms with E-state index in [9.17, 15) is 13.6 Å². The molecule has 1 aliphatic carbocycles. The van der Waals surface area contributed by atoms with Crippen LogP contribution in [0.3, 0.4) is 0 Å². The quantitative estimate of drug-likeness (QED) is 0.806. The largest absolute Gasteiger partial charge is 0.493 e. The van der Waals surface area contributed by atoms with Crippen molar-refractivity contribution >= 4 is 6.09 Å². The Morgan fingerprint density at radius 1 is 1.32 bits per heavy atom. The highest BCUT2D eigenvalue weighted by Gasteiger charge is 2.42. The zero-order valence-corrected chi connectivity index (χ0v) is 14.9. The van der Waals surface area contributed by atoms with Crippen LogP contribution in [0.25, 0.3) is 11.3 Å². The highest BCUT2D eigenvalue weighted by Crippen LogP contribution is 2.37. The van der Waals surface area contributed by atoms with Crippen LogP contribution in [-0.2, 0) is 0 Å². The molecule has 1 fully saturated rings. The molecule has 2 atom stereocenters. The topological polar surface area (TPSA) is 95.2 Å². The summed E-state index contributed by atoms with van der Waals surface area (Å²) in [6, 6.07) is 11.8. The zero-order valence-electron chi connectivity index (χ0n) is 14.9. The van der Waals surface area contributed by atoms with Crippen molar-refractivity contribution in [2.75, 3.05) is 6.61 Å². The maximum atomic E-state index is 13.7. The lowest BCUT2D eigenvalue weighted by atomic mass is 9.82. The summed E-state index contributed by atoms with van der Waals surface area (Å²) in [5.74, 6) is -2.92. The smallest absolute Gasteiger partial charge is 0.404 e. The van der Waals surface area contributed by atoms with Gasteiger partial charge >= 0.3 is 6.09 Å². The minimum atomic E-state index is -2.81. The maximum Gasteiger partial charge on any atom is 0.404 e. The van der Waals surface area contributed by atoms with Crippen LogP contribution < -0.4 is 10.1 Å². The van der Waals surface area contributed by atoms with E-state index in [1.54, 1.807) is 36.4 Å². The summed E-state index contributed by atoms with van der Waals surface area (Å²) in [5, 5.41) is 20.0. The molecule has 0 spiro atoms. The van der Waals surface area contributed by atoms with Gasteiger partial charge in [0.2, 0.25) is 5.92 Å². The molecule has 3 rings (SSSR count). The molecule has 1 aromatic carbocycles. The summed E-state index contributed by atoms with van der Waals surface area (Å²) in [6.07, 6.45) is -0.402. The van der Waals surface area contributed by atoms with E-state index in [1.807, 2.05) is 6.07 Å². The zero-order chi connectivity index (χ0) is 20.1. The summed E-state index contributed by atoms with van der Waals surface area (Å²) in [5.41, 5.74) is 1.99. The average Bonchev–Trinajstić information content (AvgIpc) is 2.68. The van der Waals surface area contributed by atoms with Crippen LogP contribution in [0, 0.1) is 17.2 Å². The molecule has 0 saturated heterocycles. The number of halogens is 2. The second kappa shape index (κ2) is 8.21. The Morgan fingerprint density at radius 3 is 2.68 bits per heavy atom. The number of hydrogen-bond donors (Lipinski definition) is 2. The summed E-state index contributed by atoms with van der Waals surface area (Å²) >= 11 is 0. The monoisotopic (exact) mass is 387 g/mol. The summed E-state index contributed by atoms with van der Waals surface area (Å²) in [7, 11) is 0. The molecular formula is C20H19F2N3O3. The number of nitrogens with zero attached hydrogens (tertiary/aromatic N) is 2. The van der Waals surface area contributed by atoms with E-state index < -0.39 is 30.4 Å². The first kappa shape index (κ1) is 19.5. The van der Waals surface area contributed by atoms with Gasteiger partial charge in [0.05, 0.1) is 17.9 Å². The molecule has 1 aromatic heterocycles. The number of amides is 1. The van der Waals surface area contributed by atoms with Gasteiger partial charge in [-0.1, -0.05) is 0 Å². The molecular weight excluding hydrogens is 368 g/mol. The Bertz CT molecular complexity index is 864. The lowest BCUT2D eigenvalue weighted by Crippen LogP contribution is -2.48. The van der Waals surface area contributed by atoms with E-state index in [0.29, 0.717) is 17.0 Å². The van der Waals surface area contributed by atoms with Gasteiger partial charge in [0, 0.05) is 36.6 Å². The molecule has 1 aliphatic rings. The van der Waals surface area contributed by atoms with Gasteiger partial charge in [-0.2, -0.15) is 5.26 Å². The van der Waals surface area contributed by atoms with Gasteiger partial charge in [-0.15, -0.1) is 0 Å². The van der Waals surface area contributed by atoms with Crippen LogP contribution in [-0.4, -0.2) is 34.8 Å². The van der Waals surface area contributed by atoms with Crippen molar-refractivity contribution < 1.29 is 23.4 Å². The number of rotatable bonds is 5. The predicted molar refractivity (Wildman–Crippen MR) is 97.1 cm³/mol. The fraction of sp³-hybridized carbons (Fsp3) is 0.350. The van der Waals surface area contributed by atoms with Crippen molar-refractivity contribution in [3.8, 4) is 23.1 Å². The third-order valence-corrected chi connectivity index (χ3v) is 4.77. The second-order valence-corrected chi connectivity index (χ2v) is 6.79. The molecule has 2 N–H and O–H groups in total. The highest BCUT2D eigenvalue weighted by molar-refractivity contribution is 5.65. The molecule has 0 aliphatic heterocycles. The number of nitrogens with one attached hydrogen (secondary N) is 1. The van der Waals surface area contributed by atoms with Gasteiger partial charge < -0.3 is 15.2 Å². The highest BCUT2D eigenvalue weighted by atomic mass is 19.3. The van der Waals surface area contributed by atoms with E-state index in [-0.39, 0.29) is 19.4 Å². The molecule has 8 heteroatoms. The van der Waals surface area contributed by atoms with Gasteiger partial charge in [0.25, 0.3) is 0 Å². The Morgan fingerprint density at radius 2 is 2.07 bits per heavy atom. The van der Waals surface area contributed by atoms with Gasteiger partial charge in [0.15, 0.2) is 0 Å². The molecule has 6 nitrogen and oxygen atoms in total. The number of nitriles is 1. The van der Waals surface area contributed by atoms with Crippen molar-refractivity contribution in [3.05, 3.63) is 48.2 Å². The standard InChI is InChI=1S/C20H19F2N3O3/c21-20(22)8-7-18(25-19(26)27)15(9-20)12-28-16-4-2-14(3-5-16)17-6-1-13(10-23)11-24-17/h1-6,11,15,18,25H,7-9,12H2,(H,26,27)/t15-,18+/m0/s1. The third-order valence-electron chi connectivity index (χ3n) is 4.77.